The van der Waals surface area contributed by atoms with Gasteiger partial charge < -0.3 is 91.0 Å². The Morgan fingerprint density at radius 3 is 1.91 bits per heavy atom. The zero-order chi connectivity index (χ0) is 55.0. The van der Waals surface area contributed by atoms with Gasteiger partial charge in [0, 0.05) is 14.2 Å². The lowest BCUT2D eigenvalue weighted by Gasteiger charge is -2.31. The second-order valence-electron chi connectivity index (χ2n) is 16.7. The Morgan fingerprint density at radius 1 is 0.705 bits per heavy atom. The van der Waals surface area contributed by atoms with E-state index in [-0.39, 0.29) is 64.8 Å². The molecule has 78 heavy (non-hydrogen) atoms. The number of nitrogen functional groups attached to an aromatic ring is 3. The third kappa shape index (κ3) is 12.0. The molecule has 3 aliphatic heterocycles. The van der Waals surface area contributed by atoms with E-state index in [1.807, 2.05) is 0 Å². The number of H-pyrrole nitrogens is 2. The Kier molecular flexibility index (Phi) is 17.6. The summed E-state index contributed by atoms with van der Waals surface area (Å²) in [7, 11) is -20.0. The highest BCUT2D eigenvalue weighted by Gasteiger charge is 2.53. The molecule has 432 valence electrons. The number of aromatic amines is 2. The van der Waals surface area contributed by atoms with Gasteiger partial charge in [-0.25, -0.2) is 38.2 Å². The van der Waals surface area contributed by atoms with Crippen LogP contribution in [0.2, 0.25) is 0 Å². The van der Waals surface area contributed by atoms with Crippen molar-refractivity contribution in [2.45, 2.75) is 81.0 Å². The molecule has 6 aromatic heterocycles. The van der Waals surface area contributed by atoms with Gasteiger partial charge in [-0.3, -0.25) is 46.9 Å². The fourth-order valence-electron chi connectivity index (χ4n) is 8.56. The normalized spacial score (nSPS) is 29.5. The number of phosphoric acid groups is 4. The number of nitrogens with two attached hydrogens (primary N) is 3. The average molecular weight is 1190 g/mol. The molecule has 3 fully saturated rings. The molecule has 0 aliphatic carbocycles. The summed E-state index contributed by atoms with van der Waals surface area (Å²) >= 11 is 0. The first kappa shape index (κ1) is 60.5. The number of hydrogen-bond donors (Lipinski definition) is 12. The van der Waals surface area contributed by atoms with Crippen LogP contribution in [0.3, 0.4) is 0 Å². The second kappa shape index (κ2) is 22.7. The molecule has 3 saturated heterocycles. The molecule has 0 aromatic carbocycles. The molecule has 3 aliphatic rings. The van der Waals surface area contributed by atoms with E-state index in [1.165, 1.54) is 27.1 Å². The summed E-state index contributed by atoms with van der Waals surface area (Å²) in [6, 6.07) is 0. The maximum atomic E-state index is 13.6. The SMILES string of the molecule is C.COC1[C@@H](COP(=O)(O)OP(=O)(O)OP(=O)(O)OC[C@H]2O[C@@H](n3cnc4c(N)ncnc43)[C@@H](OC)C2OP(=O)([O-])OC[C@H]2O[C@@H](n3cnc4c(=O)[nH]c(N)nc43)[C@@H](O)C2O)O[C@@H]([n+]2cn(C)c3c(=O)[nH]c(N)nc32)[C@H]1O.N. The summed E-state index contributed by atoms with van der Waals surface area (Å²) < 4.78 is 115. The third-order valence-corrected chi connectivity index (χ3v) is 17.0. The van der Waals surface area contributed by atoms with Gasteiger partial charge in [0.1, 0.15) is 66.8 Å². The molecule has 7 unspecified atom stereocenters. The van der Waals surface area contributed by atoms with E-state index < -0.39 is 136 Å². The van der Waals surface area contributed by atoms with Crippen LogP contribution < -0.4 is 43.9 Å². The molecular formula is C34H52N16O24P4. The van der Waals surface area contributed by atoms with Gasteiger partial charge in [-0.15, -0.1) is 0 Å². The predicted molar refractivity (Wildman–Crippen MR) is 253 cm³/mol. The van der Waals surface area contributed by atoms with E-state index in [9.17, 15) is 62.7 Å². The number of aryl methyl sites for hydroxylation is 1. The van der Waals surface area contributed by atoms with Crippen molar-refractivity contribution in [3.63, 3.8) is 0 Å². The minimum absolute atomic E-state index is 0. The number of nitrogens with zero attached hydrogens (tertiary/aromatic N) is 10. The topological polar surface area (TPSA) is 589 Å². The molecule has 6 aromatic rings. The number of aromatic nitrogens is 12. The summed E-state index contributed by atoms with van der Waals surface area (Å²) in [5, 5.41) is 32.8. The summed E-state index contributed by atoms with van der Waals surface area (Å²) in [6.45, 7) is -3.34. The Bertz CT molecular complexity index is 3490. The highest BCUT2D eigenvalue weighted by Crippen LogP contribution is 2.68. The molecule has 0 saturated carbocycles. The van der Waals surface area contributed by atoms with Crippen LogP contribution in [0.25, 0.3) is 33.5 Å². The van der Waals surface area contributed by atoms with Crippen molar-refractivity contribution in [1.29, 1.82) is 0 Å². The van der Waals surface area contributed by atoms with Crippen molar-refractivity contribution in [1.82, 2.24) is 59.7 Å². The number of aliphatic hydroxyl groups excluding tert-OH is 3. The van der Waals surface area contributed by atoms with E-state index in [0.717, 1.165) is 37.8 Å². The molecule has 44 heteroatoms. The van der Waals surface area contributed by atoms with Gasteiger partial charge in [0.15, 0.2) is 41.4 Å². The van der Waals surface area contributed by atoms with Crippen molar-refractivity contribution in [3.8, 4) is 0 Å². The van der Waals surface area contributed by atoms with Crippen molar-refractivity contribution in [2.24, 2.45) is 7.05 Å². The number of ether oxygens (including phenoxy) is 5. The standard InChI is InChI=1S/C33H45N15O24P4.CH4.H3N/c1-45-10-48(26-16(45)28(53)44-33(36)42-26)30-19(51)20(62-2)12(68-30)5-65-74(56,57)71-76(60,61)72-75(58,59)66-6-13-21(22(63-3)31(69-13)46-8-39-14-23(34)37-7-38-24(14)46)70-73(54,55)64-4-11-17(49)18(50)29(67-11)47-9-40-15-25(47)41-32(35)43-27(15)52;;/h7-13,17-22,29-31,49-51H,4-6H2,1-3H3,(H11-,34,35,36,37,38,41,42,43,44,52,53,54,55,56,57,58,59,60,61);1H4;1H3/t11-,12-,13-,17?,18+,19+,20?,21?,22+,29-,30-,31-;;/m1../s1. The van der Waals surface area contributed by atoms with E-state index in [0.29, 0.717) is 0 Å². The fourth-order valence-corrected chi connectivity index (χ4v) is 13.0. The monoisotopic (exact) mass is 1190 g/mol. The molecule has 17 N–H and O–H groups in total. The number of methoxy groups -OCH3 is 2. The van der Waals surface area contributed by atoms with Crippen molar-refractivity contribution in [3.05, 3.63) is 46.0 Å². The van der Waals surface area contributed by atoms with Gasteiger partial charge in [-0.05, 0) is 0 Å². The van der Waals surface area contributed by atoms with Crippen LogP contribution in [0.15, 0.2) is 34.9 Å². The summed E-state index contributed by atoms with van der Waals surface area (Å²) in [5.74, 6) is -0.692. The number of rotatable bonds is 20. The molecular weight excluding hydrogens is 1140 g/mol. The number of aliphatic hydroxyl groups is 3. The summed E-state index contributed by atoms with van der Waals surface area (Å²) in [4.78, 5) is 98.5. The number of nitrogens with one attached hydrogen (secondary N) is 2. The van der Waals surface area contributed by atoms with E-state index in [2.05, 4.69) is 48.5 Å². The minimum atomic E-state index is -6.19. The molecule has 0 bridgehead atoms. The first-order chi connectivity index (χ1) is 35.7. The van der Waals surface area contributed by atoms with Crippen LogP contribution in [-0.4, -0.2) is 173 Å². The Morgan fingerprint density at radius 2 is 1.27 bits per heavy atom. The maximum Gasteiger partial charge on any atom is 0.490 e. The summed E-state index contributed by atoms with van der Waals surface area (Å²) in [6.07, 6.45) is -14.8. The van der Waals surface area contributed by atoms with Gasteiger partial charge in [0.05, 0.1) is 39.5 Å². The van der Waals surface area contributed by atoms with Gasteiger partial charge in [0.25, 0.3) is 24.9 Å². The van der Waals surface area contributed by atoms with E-state index in [4.69, 9.17) is 59.0 Å². The Hall–Kier alpha value is -5.19. The smallest absolute Gasteiger partial charge is 0.490 e. The zero-order valence-electron chi connectivity index (χ0n) is 39.6. The number of fused-ring (bicyclic) bond motifs is 3. The number of imidazole rings is 3. The average Bonchev–Trinajstić information content (AvgIpc) is 4.19. The largest absolute Gasteiger partial charge is 0.756 e. The van der Waals surface area contributed by atoms with Crippen molar-refractivity contribution < 1.29 is 108 Å². The Labute approximate surface area is 434 Å². The molecule has 9 heterocycles. The quantitative estimate of drug-likeness (QED) is 0.0257. The van der Waals surface area contributed by atoms with Crippen LogP contribution in [-0.2, 0) is 75.7 Å². The third-order valence-electron chi connectivity index (χ3n) is 11.8. The molecule has 0 spiro atoms. The Balaban J connectivity index is 0.00000441. The van der Waals surface area contributed by atoms with Crippen molar-refractivity contribution in [2.75, 3.05) is 51.2 Å². The first-order valence-electron chi connectivity index (χ1n) is 21.5. The molecule has 16 atom stereocenters. The van der Waals surface area contributed by atoms with Crippen LogP contribution >= 0.6 is 31.3 Å². The lowest BCUT2D eigenvalue weighted by atomic mass is 10.1. The van der Waals surface area contributed by atoms with E-state index >= 15 is 0 Å². The number of hydrogen-bond acceptors (Lipinski definition) is 31. The first-order valence-corrected chi connectivity index (χ1v) is 27.5. The zero-order valence-corrected chi connectivity index (χ0v) is 43.2. The molecule has 0 radical (unpaired) electrons. The molecule has 9 rings (SSSR count). The maximum absolute atomic E-state index is 13.6. The van der Waals surface area contributed by atoms with Crippen LogP contribution in [0.5, 0.6) is 0 Å². The molecule has 0 amide bonds. The highest BCUT2D eigenvalue weighted by atomic mass is 31.3. The van der Waals surface area contributed by atoms with Gasteiger partial charge in [-0.2, -0.15) is 13.6 Å². The van der Waals surface area contributed by atoms with Crippen LogP contribution in [0, 0.1) is 0 Å². The second-order valence-corrected chi connectivity index (χ2v) is 22.7. The lowest BCUT2D eigenvalue weighted by Crippen LogP contribution is -2.46. The van der Waals surface area contributed by atoms with Crippen LogP contribution in [0.1, 0.15) is 26.1 Å². The van der Waals surface area contributed by atoms with E-state index in [1.54, 1.807) is 0 Å². The van der Waals surface area contributed by atoms with Gasteiger partial charge >= 0.3 is 29.1 Å². The summed E-state index contributed by atoms with van der Waals surface area (Å²) in [5.41, 5.74) is 15.6. The number of anilines is 3. The lowest BCUT2D eigenvalue weighted by molar-refractivity contribution is -0.745. The van der Waals surface area contributed by atoms with Crippen LogP contribution in [0.4, 0.5) is 17.7 Å². The fraction of sp³-hybridized carbons (Fsp3) is 0.559. The predicted octanol–water partition coefficient (Wildman–Crippen LogP) is -3.89. The minimum Gasteiger partial charge on any atom is -0.756 e. The molecule has 40 nitrogen and oxygen atoms in total. The van der Waals surface area contributed by atoms with Gasteiger partial charge in [-0.1, -0.05) is 12.4 Å². The highest BCUT2D eigenvalue weighted by molar-refractivity contribution is 7.66. The van der Waals surface area contributed by atoms with Gasteiger partial charge in [0.2, 0.25) is 17.7 Å². The number of phosphoric ester groups is 3. The van der Waals surface area contributed by atoms with Crippen molar-refractivity contribution >= 4 is 82.5 Å².